The molecule has 1 unspecified atom stereocenters. The topological polar surface area (TPSA) is 44.1 Å². The van der Waals surface area contributed by atoms with Crippen molar-refractivity contribution < 1.29 is 4.79 Å². The lowest BCUT2D eigenvalue weighted by Crippen LogP contribution is -2.32. The standard InChI is InChI=1S/C16H15ClN2OS/c1-19(11-14-7-8-15(17)21-14)16(20)13(10-18)9-12-5-3-2-4-6-12/h2-8,13H,9,11H2,1H3. The molecular weight excluding hydrogens is 304 g/mol. The fourth-order valence-corrected chi connectivity index (χ4v) is 3.19. The molecule has 0 radical (unpaired) electrons. The van der Waals surface area contributed by atoms with Gasteiger partial charge in [0.1, 0.15) is 5.92 Å². The molecule has 0 saturated carbocycles. The van der Waals surface area contributed by atoms with Gasteiger partial charge in [-0.05, 0) is 24.1 Å². The van der Waals surface area contributed by atoms with E-state index < -0.39 is 5.92 Å². The Morgan fingerprint density at radius 1 is 1.33 bits per heavy atom. The highest BCUT2D eigenvalue weighted by atomic mass is 35.5. The number of amides is 1. The van der Waals surface area contributed by atoms with Crippen molar-refractivity contribution in [3.8, 4) is 6.07 Å². The summed E-state index contributed by atoms with van der Waals surface area (Å²) in [4.78, 5) is 15.0. The molecule has 0 spiro atoms. The van der Waals surface area contributed by atoms with Crippen LogP contribution in [0.2, 0.25) is 4.34 Å². The maximum atomic E-state index is 12.4. The minimum atomic E-state index is -0.659. The minimum Gasteiger partial charge on any atom is -0.339 e. The molecule has 0 saturated heterocycles. The molecule has 2 aromatic rings. The number of carbonyl (C=O) groups excluding carboxylic acids is 1. The smallest absolute Gasteiger partial charge is 0.240 e. The van der Waals surface area contributed by atoms with Gasteiger partial charge in [0.25, 0.3) is 0 Å². The predicted octanol–water partition coefficient (Wildman–Crippen LogP) is 3.74. The predicted molar refractivity (Wildman–Crippen MR) is 85.1 cm³/mol. The zero-order valence-corrected chi connectivity index (χ0v) is 13.2. The molecule has 2 rings (SSSR count). The number of halogens is 1. The summed E-state index contributed by atoms with van der Waals surface area (Å²) in [5.41, 5.74) is 0.991. The molecule has 0 bridgehead atoms. The Balaban J connectivity index is 2.01. The average Bonchev–Trinajstić information content (AvgIpc) is 2.90. The van der Waals surface area contributed by atoms with Gasteiger partial charge in [-0.1, -0.05) is 41.9 Å². The number of nitriles is 1. The summed E-state index contributed by atoms with van der Waals surface area (Å²) < 4.78 is 0.701. The quantitative estimate of drug-likeness (QED) is 0.843. The zero-order valence-electron chi connectivity index (χ0n) is 11.6. The third kappa shape index (κ3) is 4.32. The van der Waals surface area contributed by atoms with Gasteiger partial charge in [0.15, 0.2) is 0 Å². The van der Waals surface area contributed by atoms with E-state index in [-0.39, 0.29) is 5.91 Å². The van der Waals surface area contributed by atoms with Crippen LogP contribution in [-0.2, 0) is 17.8 Å². The molecule has 21 heavy (non-hydrogen) atoms. The van der Waals surface area contributed by atoms with Crippen molar-refractivity contribution in [3.05, 3.63) is 57.2 Å². The van der Waals surface area contributed by atoms with Crippen molar-refractivity contribution in [1.29, 1.82) is 5.26 Å². The van der Waals surface area contributed by atoms with Gasteiger partial charge in [0.05, 0.1) is 17.0 Å². The first-order valence-corrected chi connectivity index (χ1v) is 7.72. The van der Waals surface area contributed by atoms with E-state index in [1.165, 1.54) is 11.3 Å². The molecule has 3 nitrogen and oxygen atoms in total. The van der Waals surface area contributed by atoms with E-state index in [9.17, 15) is 10.1 Å². The molecule has 0 N–H and O–H groups in total. The number of thiophene rings is 1. The van der Waals surface area contributed by atoms with Crippen LogP contribution in [0.1, 0.15) is 10.4 Å². The second-order valence-electron chi connectivity index (χ2n) is 4.77. The molecule has 0 aliphatic heterocycles. The number of nitrogens with zero attached hydrogens (tertiary/aromatic N) is 2. The third-order valence-electron chi connectivity index (χ3n) is 3.13. The monoisotopic (exact) mass is 318 g/mol. The third-order valence-corrected chi connectivity index (χ3v) is 4.35. The van der Waals surface area contributed by atoms with Crippen LogP contribution in [0.5, 0.6) is 0 Å². The lowest BCUT2D eigenvalue weighted by molar-refractivity contribution is -0.132. The molecule has 1 aromatic carbocycles. The lowest BCUT2D eigenvalue weighted by Gasteiger charge is -2.19. The van der Waals surface area contributed by atoms with Crippen LogP contribution in [0, 0.1) is 17.2 Å². The highest BCUT2D eigenvalue weighted by Crippen LogP contribution is 2.23. The number of hydrogen-bond donors (Lipinski definition) is 0. The van der Waals surface area contributed by atoms with Crippen molar-refractivity contribution in [2.45, 2.75) is 13.0 Å². The van der Waals surface area contributed by atoms with Crippen molar-refractivity contribution in [3.63, 3.8) is 0 Å². The Labute approximate surface area is 133 Å². The van der Waals surface area contributed by atoms with Gasteiger partial charge in [-0.3, -0.25) is 4.79 Å². The molecule has 1 atom stereocenters. The van der Waals surface area contributed by atoms with E-state index in [0.717, 1.165) is 10.4 Å². The van der Waals surface area contributed by atoms with Crippen molar-refractivity contribution in [2.75, 3.05) is 7.05 Å². The Bertz CT molecular complexity index is 648. The number of benzene rings is 1. The Hall–Kier alpha value is -1.83. The van der Waals surface area contributed by atoms with Crippen LogP contribution < -0.4 is 0 Å². The average molecular weight is 319 g/mol. The largest absolute Gasteiger partial charge is 0.339 e. The number of carbonyl (C=O) groups is 1. The molecule has 0 aliphatic rings. The van der Waals surface area contributed by atoms with Crippen molar-refractivity contribution >= 4 is 28.8 Å². The Morgan fingerprint density at radius 2 is 2.05 bits per heavy atom. The molecular formula is C16H15ClN2OS. The van der Waals surface area contributed by atoms with Gasteiger partial charge in [0, 0.05) is 11.9 Å². The fraction of sp³-hybridized carbons (Fsp3) is 0.250. The maximum absolute atomic E-state index is 12.4. The van der Waals surface area contributed by atoms with Gasteiger partial charge in [-0.2, -0.15) is 5.26 Å². The Morgan fingerprint density at radius 3 is 2.62 bits per heavy atom. The molecule has 1 aromatic heterocycles. The highest BCUT2D eigenvalue weighted by Gasteiger charge is 2.22. The summed E-state index contributed by atoms with van der Waals surface area (Å²) in [7, 11) is 1.71. The van der Waals surface area contributed by atoms with Crippen LogP contribution >= 0.6 is 22.9 Å². The molecule has 5 heteroatoms. The van der Waals surface area contributed by atoms with E-state index in [0.29, 0.717) is 17.3 Å². The normalized spacial score (nSPS) is 11.7. The molecule has 0 fully saturated rings. The summed E-state index contributed by atoms with van der Waals surface area (Å²) >= 11 is 7.33. The van der Waals surface area contributed by atoms with Crippen molar-refractivity contribution in [1.82, 2.24) is 4.90 Å². The molecule has 1 heterocycles. The second-order valence-corrected chi connectivity index (χ2v) is 6.57. The summed E-state index contributed by atoms with van der Waals surface area (Å²) in [5, 5.41) is 9.26. The minimum absolute atomic E-state index is 0.161. The first kappa shape index (κ1) is 15.6. The summed E-state index contributed by atoms with van der Waals surface area (Å²) in [6, 6.07) is 15.4. The maximum Gasteiger partial charge on any atom is 0.240 e. The summed E-state index contributed by atoms with van der Waals surface area (Å²) in [6.45, 7) is 0.475. The van der Waals surface area contributed by atoms with Crippen molar-refractivity contribution in [2.24, 2.45) is 5.92 Å². The second kappa shape index (κ2) is 7.26. The van der Waals surface area contributed by atoms with Crippen LogP contribution in [-0.4, -0.2) is 17.9 Å². The number of hydrogen-bond acceptors (Lipinski definition) is 3. The van der Waals surface area contributed by atoms with Crippen LogP contribution in [0.15, 0.2) is 42.5 Å². The van der Waals surface area contributed by atoms with Gasteiger partial charge in [-0.15, -0.1) is 11.3 Å². The summed E-state index contributed by atoms with van der Waals surface area (Å²) in [5.74, 6) is -0.821. The highest BCUT2D eigenvalue weighted by molar-refractivity contribution is 7.16. The fourth-order valence-electron chi connectivity index (χ4n) is 2.05. The first-order valence-electron chi connectivity index (χ1n) is 6.53. The first-order chi connectivity index (χ1) is 10.1. The van der Waals surface area contributed by atoms with E-state index in [1.807, 2.05) is 42.5 Å². The molecule has 0 aliphatic carbocycles. The molecule has 108 valence electrons. The lowest BCUT2D eigenvalue weighted by atomic mass is 9.99. The van der Waals surface area contributed by atoms with Gasteiger partial charge >= 0.3 is 0 Å². The Kier molecular flexibility index (Phi) is 5.38. The van der Waals surface area contributed by atoms with Gasteiger partial charge < -0.3 is 4.90 Å². The van der Waals surface area contributed by atoms with Crippen LogP contribution in [0.4, 0.5) is 0 Å². The van der Waals surface area contributed by atoms with E-state index in [2.05, 4.69) is 6.07 Å². The van der Waals surface area contributed by atoms with Crippen LogP contribution in [0.25, 0.3) is 0 Å². The van der Waals surface area contributed by atoms with E-state index >= 15 is 0 Å². The number of rotatable bonds is 5. The summed E-state index contributed by atoms with van der Waals surface area (Å²) in [6.07, 6.45) is 0.436. The van der Waals surface area contributed by atoms with Crippen LogP contribution in [0.3, 0.4) is 0 Å². The van der Waals surface area contributed by atoms with Gasteiger partial charge in [-0.25, -0.2) is 0 Å². The van der Waals surface area contributed by atoms with E-state index in [1.54, 1.807) is 11.9 Å². The molecule has 1 amide bonds. The van der Waals surface area contributed by atoms with E-state index in [4.69, 9.17) is 11.6 Å². The zero-order chi connectivity index (χ0) is 15.2. The van der Waals surface area contributed by atoms with Gasteiger partial charge in [0.2, 0.25) is 5.91 Å². The SMILES string of the molecule is CN(Cc1ccc(Cl)s1)C(=O)C(C#N)Cc1ccccc1.